The smallest absolute Gasteiger partial charge is 0.266 e. The molecular formula is C29H23BrN2O2. The second-order valence-electron chi connectivity index (χ2n) is 8.09. The maximum atomic E-state index is 12.9. The summed E-state index contributed by atoms with van der Waals surface area (Å²) in [7, 11) is 0. The van der Waals surface area contributed by atoms with Crippen molar-refractivity contribution in [2.45, 2.75) is 20.5 Å². The van der Waals surface area contributed by atoms with Gasteiger partial charge in [-0.2, -0.15) is 5.26 Å². The lowest BCUT2D eigenvalue weighted by atomic mass is 10.1. The molecule has 0 saturated heterocycles. The van der Waals surface area contributed by atoms with Crippen LogP contribution in [0.3, 0.4) is 0 Å². The Balaban J connectivity index is 1.57. The largest absolute Gasteiger partial charge is 0.488 e. The normalized spacial score (nSPS) is 11.2. The molecule has 0 heterocycles. The molecule has 0 spiro atoms. The summed E-state index contributed by atoms with van der Waals surface area (Å²) in [6.45, 7) is 4.23. The van der Waals surface area contributed by atoms with Crippen molar-refractivity contribution in [1.29, 1.82) is 5.26 Å². The van der Waals surface area contributed by atoms with E-state index in [0.717, 1.165) is 26.5 Å². The number of hydrogen-bond acceptors (Lipinski definition) is 3. The van der Waals surface area contributed by atoms with Gasteiger partial charge in [0.25, 0.3) is 5.91 Å². The molecule has 34 heavy (non-hydrogen) atoms. The van der Waals surface area contributed by atoms with Gasteiger partial charge in [-0.3, -0.25) is 4.79 Å². The van der Waals surface area contributed by atoms with Crippen LogP contribution in [-0.2, 0) is 11.4 Å². The first-order valence-corrected chi connectivity index (χ1v) is 11.6. The Kier molecular flexibility index (Phi) is 7.10. The van der Waals surface area contributed by atoms with Gasteiger partial charge in [-0.1, -0.05) is 64.5 Å². The third-order valence-electron chi connectivity index (χ3n) is 5.49. The number of nitrogens with zero attached hydrogens (tertiary/aromatic N) is 1. The van der Waals surface area contributed by atoms with Gasteiger partial charge in [0.1, 0.15) is 24.0 Å². The van der Waals surface area contributed by atoms with Gasteiger partial charge in [-0.05, 0) is 77.7 Å². The zero-order valence-electron chi connectivity index (χ0n) is 18.9. The molecule has 0 fully saturated rings. The number of carbonyl (C=O) groups is 1. The van der Waals surface area contributed by atoms with E-state index in [2.05, 4.69) is 45.5 Å². The molecule has 168 valence electrons. The molecule has 0 saturated carbocycles. The number of rotatable bonds is 6. The monoisotopic (exact) mass is 510 g/mol. The molecule has 4 aromatic rings. The molecule has 0 aromatic heterocycles. The molecule has 0 atom stereocenters. The molecule has 5 heteroatoms. The third kappa shape index (κ3) is 5.54. The van der Waals surface area contributed by atoms with Gasteiger partial charge in [0.05, 0.1) is 0 Å². The minimum Gasteiger partial charge on any atom is -0.488 e. The number of fused-ring (bicyclic) bond motifs is 1. The van der Waals surface area contributed by atoms with Crippen LogP contribution in [0.25, 0.3) is 16.8 Å². The Morgan fingerprint density at radius 1 is 1.00 bits per heavy atom. The van der Waals surface area contributed by atoms with Crippen LogP contribution < -0.4 is 10.1 Å². The van der Waals surface area contributed by atoms with Gasteiger partial charge in [-0.15, -0.1) is 0 Å². The number of aryl methyl sites for hydroxylation is 2. The van der Waals surface area contributed by atoms with Crippen molar-refractivity contribution in [2.24, 2.45) is 0 Å². The summed E-state index contributed by atoms with van der Waals surface area (Å²) in [4.78, 5) is 12.9. The molecular weight excluding hydrogens is 488 g/mol. The Morgan fingerprint density at radius 3 is 2.59 bits per heavy atom. The summed E-state index contributed by atoms with van der Waals surface area (Å²) >= 11 is 3.47. The van der Waals surface area contributed by atoms with Crippen LogP contribution >= 0.6 is 15.9 Å². The molecule has 0 aliphatic heterocycles. The standard InChI is InChI=1S/C29H23BrN2O2/c1-19-7-8-20(2)27(13-19)32-29(33)25(17-31)15-24-16-26(30)11-12-28(24)34-18-21-9-10-22-5-3-4-6-23(22)14-21/h3-16H,18H2,1-2H3,(H,32,33)/b25-15+. The summed E-state index contributed by atoms with van der Waals surface area (Å²) in [5.74, 6) is 0.125. The van der Waals surface area contributed by atoms with Gasteiger partial charge >= 0.3 is 0 Å². The number of nitrogens with one attached hydrogen (secondary N) is 1. The van der Waals surface area contributed by atoms with Crippen LogP contribution in [0.2, 0.25) is 0 Å². The lowest BCUT2D eigenvalue weighted by Crippen LogP contribution is -2.14. The highest BCUT2D eigenvalue weighted by molar-refractivity contribution is 9.10. The Morgan fingerprint density at radius 2 is 1.79 bits per heavy atom. The number of amides is 1. The lowest BCUT2D eigenvalue weighted by Gasteiger charge is -2.12. The number of ether oxygens (including phenoxy) is 1. The molecule has 4 rings (SSSR count). The van der Waals surface area contributed by atoms with Gasteiger partial charge < -0.3 is 10.1 Å². The lowest BCUT2D eigenvalue weighted by molar-refractivity contribution is -0.112. The Bertz CT molecular complexity index is 1450. The van der Waals surface area contributed by atoms with E-state index in [9.17, 15) is 10.1 Å². The summed E-state index contributed by atoms with van der Waals surface area (Å²) in [6.07, 6.45) is 1.56. The van der Waals surface area contributed by atoms with Crippen molar-refractivity contribution < 1.29 is 9.53 Å². The van der Waals surface area contributed by atoms with Crippen molar-refractivity contribution in [1.82, 2.24) is 0 Å². The number of carbonyl (C=O) groups excluding carboxylic acids is 1. The second-order valence-corrected chi connectivity index (χ2v) is 9.01. The predicted octanol–water partition coefficient (Wildman–Crippen LogP) is 7.34. The van der Waals surface area contributed by atoms with Gasteiger partial charge in [0, 0.05) is 15.7 Å². The van der Waals surface area contributed by atoms with Gasteiger partial charge in [0.2, 0.25) is 0 Å². The molecule has 4 nitrogen and oxygen atoms in total. The van der Waals surface area contributed by atoms with Crippen LogP contribution in [0.4, 0.5) is 5.69 Å². The highest BCUT2D eigenvalue weighted by atomic mass is 79.9. The molecule has 1 amide bonds. The van der Waals surface area contributed by atoms with Crippen LogP contribution in [0, 0.1) is 25.2 Å². The molecule has 1 N–H and O–H groups in total. The molecule has 0 bridgehead atoms. The predicted molar refractivity (Wildman–Crippen MR) is 141 cm³/mol. The molecule has 0 radical (unpaired) electrons. The minimum absolute atomic E-state index is 0.00504. The second kappa shape index (κ2) is 10.4. The SMILES string of the molecule is Cc1ccc(C)c(NC(=O)/C(C#N)=C/c2cc(Br)ccc2OCc2ccc3ccccc3c2)c1. The number of halogens is 1. The van der Waals surface area contributed by atoms with Crippen molar-refractivity contribution >= 4 is 44.4 Å². The van der Waals surface area contributed by atoms with Crippen LogP contribution in [0.15, 0.2) is 88.9 Å². The average Bonchev–Trinajstić information content (AvgIpc) is 2.84. The topological polar surface area (TPSA) is 62.1 Å². The first-order chi connectivity index (χ1) is 16.4. The fourth-order valence-corrected chi connectivity index (χ4v) is 4.00. The maximum Gasteiger partial charge on any atom is 0.266 e. The average molecular weight is 511 g/mol. The van der Waals surface area contributed by atoms with E-state index < -0.39 is 5.91 Å². The van der Waals surface area contributed by atoms with E-state index in [0.29, 0.717) is 23.6 Å². The number of nitriles is 1. The van der Waals surface area contributed by atoms with E-state index >= 15 is 0 Å². The quantitative estimate of drug-likeness (QED) is 0.218. The fourth-order valence-electron chi connectivity index (χ4n) is 3.62. The Labute approximate surface area is 207 Å². The fraction of sp³-hybridized carbons (Fsp3) is 0.103. The van der Waals surface area contributed by atoms with Gasteiger partial charge in [0.15, 0.2) is 0 Å². The zero-order valence-corrected chi connectivity index (χ0v) is 20.5. The summed E-state index contributed by atoms with van der Waals surface area (Å²) in [6, 6.07) is 27.7. The third-order valence-corrected chi connectivity index (χ3v) is 5.98. The minimum atomic E-state index is -0.461. The van der Waals surface area contributed by atoms with Crippen LogP contribution in [0.1, 0.15) is 22.3 Å². The first-order valence-electron chi connectivity index (χ1n) is 10.8. The molecule has 0 aliphatic rings. The summed E-state index contributed by atoms with van der Waals surface area (Å²) in [5.41, 5.74) is 4.31. The van der Waals surface area contributed by atoms with E-state index in [-0.39, 0.29) is 5.57 Å². The van der Waals surface area contributed by atoms with Crippen molar-refractivity contribution in [3.63, 3.8) is 0 Å². The number of hydrogen-bond donors (Lipinski definition) is 1. The van der Waals surface area contributed by atoms with Crippen molar-refractivity contribution in [3.05, 3.63) is 111 Å². The summed E-state index contributed by atoms with van der Waals surface area (Å²) in [5, 5.41) is 14.9. The highest BCUT2D eigenvalue weighted by Crippen LogP contribution is 2.27. The van der Waals surface area contributed by atoms with Gasteiger partial charge in [-0.25, -0.2) is 0 Å². The van der Waals surface area contributed by atoms with E-state index in [1.54, 1.807) is 6.08 Å². The maximum absolute atomic E-state index is 12.9. The number of anilines is 1. The van der Waals surface area contributed by atoms with E-state index in [1.807, 2.05) is 74.5 Å². The molecule has 0 unspecified atom stereocenters. The molecule has 0 aliphatic carbocycles. The van der Waals surface area contributed by atoms with Crippen LogP contribution in [0.5, 0.6) is 5.75 Å². The number of benzene rings is 4. The zero-order chi connectivity index (χ0) is 24.1. The van der Waals surface area contributed by atoms with Crippen molar-refractivity contribution in [3.8, 4) is 11.8 Å². The first kappa shape index (κ1) is 23.3. The Hall–Kier alpha value is -3.88. The molecule has 4 aromatic carbocycles. The summed E-state index contributed by atoms with van der Waals surface area (Å²) < 4.78 is 6.92. The van der Waals surface area contributed by atoms with E-state index in [4.69, 9.17) is 4.74 Å². The van der Waals surface area contributed by atoms with Crippen LogP contribution in [-0.4, -0.2) is 5.91 Å². The van der Waals surface area contributed by atoms with Crippen molar-refractivity contribution in [2.75, 3.05) is 5.32 Å². The highest BCUT2D eigenvalue weighted by Gasteiger charge is 2.13. The van der Waals surface area contributed by atoms with E-state index in [1.165, 1.54) is 5.39 Å².